The molecule has 0 heterocycles. The van der Waals surface area contributed by atoms with Crippen molar-refractivity contribution in [3.05, 3.63) is 0 Å². The first-order valence-corrected chi connectivity index (χ1v) is 3.62. The van der Waals surface area contributed by atoms with Gasteiger partial charge in [-0.2, -0.15) is 0 Å². The lowest BCUT2D eigenvalue weighted by Crippen LogP contribution is -2.13. The SMILES string of the molecule is CC(C)OC(=O)OCOI. The summed E-state index contributed by atoms with van der Waals surface area (Å²) in [6.45, 7) is 3.41. The van der Waals surface area contributed by atoms with E-state index in [2.05, 4.69) is 12.5 Å². The summed E-state index contributed by atoms with van der Waals surface area (Å²) in [5.41, 5.74) is 0. The van der Waals surface area contributed by atoms with E-state index in [1.807, 2.05) is 0 Å². The molecular formula is C5H9IO4. The predicted molar refractivity (Wildman–Crippen MR) is 42.7 cm³/mol. The van der Waals surface area contributed by atoms with Gasteiger partial charge < -0.3 is 9.47 Å². The molecule has 0 atom stereocenters. The van der Waals surface area contributed by atoms with Crippen LogP contribution in [-0.2, 0) is 12.5 Å². The lowest BCUT2D eigenvalue weighted by atomic mass is 10.5. The summed E-state index contributed by atoms with van der Waals surface area (Å²) in [4.78, 5) is 10.5. The van der Waals surface area contributed by atoms with Gasteiger partial charge in [-0.1, -0.05) is 0 Å². The van der Waals surface area contributed by atoms with Crippen LogP contribution in [0.3, 0.4) is 0 Å². The van der Waals surface area contributed by atoms with E-state index in [1.54, 1.807) is 36.9 Å². The molecule has 0 rings (SSSR count). The summed E-state index contributed by atoms with van der Waals surface area (Å²) < 4.78 is 13.5. The molecule has 0 fully saturated rings. The van der Waals surface area contributed by atoms with E-state index in [0.29, 0.717) is 0 Å². The molecule has 0 aliphatic heterocycles. The van der Waals surface area contributed by atoms with Crippen LogP contribution in [0.4, 0.5) is 4.79 Å². The van der Waals surface area contributed by atoms with Crippen molar-refractivity contribution in [1.82, 2.24) is 0 Å². The smallest absolute Gasteiger partial charge is 0.432 e. The van der Waals surface area contributed by atoms with Gasteiger partial charge in [-0.15, -0.1) is 0 Å². The van der Waals surface area contributed by atoms with Crippen molar-refractivity contribution in [3.8, 4) is 0 Å². The highest BCUT2D eigenvalue weighted by Crippen LogP contribution is 1.94. The minimum atomic E-state index is -0.702. The minimum Gasteiger partial charge on any atom is -0.432 e. The monoisotopic (exact) mass is 260 g/mol. The molecule has 10 heavy (non-hydrogen) atoms. The second-order valence-electron chi connectivity index (χ2n) is 1.79. The molecule has 0 amide bonds. The summed E-state index contributed by atoms with van der Waals surface area (Å²) in [7, 11) is 0. The highest BCUT2D eigenvalue weighted by Gasteiger charge is 2.04. The summed E-state index contributed by atoms with van der Waals surface area (Å²) >= 11 is 1.62. The van der Waals surface area contributed by atoms with Gasteiger partial charge in [0.25, 0.3) is 0 Å². The Labute approximate surface area is 73.5 Å². The second-order valence-corrected chi connectivity index (χ2v) is 2.41. The highest BCUT2D eigenvalue weighted by molar-refractivity contribution is 14.1. The third-order valence-corrected chi connectivity index (χ3v) is 0.808. The van der Waals surface area contributed by atoms with Crippen molar-refractivity contribution in [3.63, 3.8) is 0 Å². The van der Waals surface area contributed by atoms with Crippen molar-refractivity contribution < 1.29 is 17.3 Å². The predicted octanol–water partition coefficient (Wildman–Crippen LogP) is 1.87. The first-order chi connectivity index (χ1) is 4.66. The van der Waals surface area contributed by atoms with Crippen molar-refractivity contribution in [2.75, 3.05) is 6.79 Å². The van der Waals surface area contributed by atoms with Crippen LogP contribution < -0.4 is 0 Å². The fourth-order valence-corrected chi connectivity index (χ4v) is 0.424. The van der Waals surface area contributed by atoms with Gasteiger partial charge >= 0.3 is 6.16 Å². The zero-order chi connectivity index (χ0) is 7.98. The van der Waals surface area contributed by atoms with Gasteiger partial charge in [0.05, 0.1) is 6.10 Å². The molecule has 4 nitrogen and oxygen atoms in total. The molecule has 0 aromatic carbocycles. The first-order valence-electron chi connectivity index (χ1n) is 2.73. The Kier molecular flexibility index (Phi) is 5.70. The maximum atomic E-state index is 10.5. The number of halogens is 1. The summed E-state index contributed by atoms with van der Waals surface area (Å²) in [6, 6.07) is 0. The van der Waals surface area contributed by atoms with E-state index in [4.69, 9.17) is 0 Å². The number of ether oxygens (including phenoxy) is 2. The Hall–Kier alpha value is -0.0400. The maximum Gasteiger partial charge on any atom is 0.510 e. The van der Waals surface area contributed by atoms with Crippen molar-refractivity contribution in [2.24, 2.45) is 0 Å². The van der Waals surface area contributed by atoms with Gasteiger partial charge in [0.2, 0.25) is 6.79 Å². The normalized spacial score (nSPS) is 9.60. The minimum absolute atomic E-state index is 0.0773. The third kappa shape index (κ3) is 6.09. The molecule has 0 aliphatic carbocycles. The number of carbonyl (C=O) groups is 1. The Balaban J connectivity index is 3.26. The molecule has 0 saturated carbocycles. The molecule has 0 spiro atoms. The Morgan fingerprint density at radius 3 is 2.60 bits per heavy atom. The van der Waals surface area contributed by atoms with Crippen LogP contribution in [0.2, 0.25) is 0 Å². The lowest BCUT2D eigenvalue weighted by molar-refractivity contribution is 0.00394. The van der Waals surface area contributed by atoms with E-state index in [0.717, 1.165) is 0 Å². The highest BCUT2D eigenvalue weighted by atomic mass is 127. The van der Waals surface area contributed by atoms with Crippen LogP contribution in [0.5, 0.6) is 0 Å². The fourth-order valence-electron chi connectivity index (χ4n) is 0.297. The van der Waals surface area contributed by atoms with Gasteiger partial charge in [-0.3, -0.25) is 3.07 Å². The number of hydrogen-bond acceptors (Lipinski definition) is 4. The lowest BCUT2D eigenvalue weighted by Gasteiger charge is -2.06. The van der Waals surface area contributed by atoms with Crippen LogP contribution >= 0.6 is 23.0 Å². The van der Waals surface area contributed by atoms with Gasteiger partial charge in [0.1, 0.15) is 23.0 Å². The molecule has 0 aromatic heterocycles. The van der Waals surface area contributed by atoms with E-state index >= 15 is 0 Å². The molecule has 0 bridgehead atoms. The quantitative estimate of drug-likeness (QED) is 0.441. The van der Waals surface area contributed by atoms with Crippen LogP contribution in [0.25, 0.3) is 0 Å². The standard InChI is InChI=1S/C5H9IO4/c1-4(2)10-5(7)8-3-9-6/h4H,3H2,1-2H3. The topological polar surface area (TPSA) is 44.8 Å². The van der Waals surface area contributed by atoms with E-state index in [1.165, 1.54) is 0 Å². The number of rotatable bonds is 3. The van der Waals surface area contributed by atoms with Crippen molar-refractivity contribution in [1.29, 1.82) is 0 Å². The summed E-state index contributed by atoms with van der Waals surface area (Å²) in [5.74, 6) is 0. The number of hydrogen-bond donors (Lipinski definition) is 0. The average molecular weight is 260 g/mol. The van der Waals surface area contributed by atoms with Crippen LogP contribution in [0, 0.1) is 0 Å². The molecule has 5 heteroatoms. The molecule has 0 N–H and O–H groups in total. The maximum absolute atomic E-state index is 10.5. The Morgan fingerprint density at radius 2 is 2.20 bits per heavy atom. The van der Waals surface area contributed by atoms with E-state index in [9.17, 15) is 4.79 Å². The van der Waals surface area contributed by atoms with Gasteiger partial charge in [-0.25, -0.2) is 4.79 Å². The van der Waals surface area contributed by atoms with Crippen molar-refractivity contribution in [2.45, 2.75) is 20.0 Å². The molecule has 0 saturated heterocycles. The summed E-state index contributed by atoms with van der Waals surface area (Å²) in [5, 5.41) is 0. The van der Waals surface area contributed by atoms with Crippen LogP contribution in [-0.4, -0.2) is 19.1 Å². The van der Waals surface area contributed by atoms with Gasteiger partial charge in [-0.05, 0) is 13.8 Å². The zero-order valence-electron chi connectivity index (χ0n) is 5.80. The first kappa shape index (κ1) is 9.96. The molecule has 0 aromatic rings. The Morgan fingerprint density at radius 1 is 1.60 bits per heavy atom. The van der Waals surface area contributed by atoms with E-state index in [-0.39, 0.29) is 12.9 Å². The zero-order valence-corrected chi connectivity index (χ0v) is 7.95. The third-order valence-electron chi connectivity index (χ3n) is 0.553. The van der Waals surface area contributed by atoms with Crippen LogP contribution in [0.15, 0.2) is 0 Å². The second kappa shape index (κ2) is 5.72. The molecule has 60 valence electrons. The van der Waals surface area contributed by atoms with Crippen molar-refractivity contribution >= 4 is 29.2 Å². The molecular weight excluding hydrogens is 251 g/mol. The average Bonchev–Trinajstić information content (AvgIpc) is 1.82. The van der Waals surface area contributed by atoms with E-state index < -0.39 is 6.16 Å². The Bertz CT molecular complexity index is 104. The van der Waals surface area contributed by atoms with Gasteiger partial charge in [0, 0.05) is 0 Å². The van der Waals surface area contributed by atoms with Crippen LogP contribution in [0.1, 0.15) is 13.8 Å². The summed E-state index contributed by atoms with van der Waals surface area (Å²) in [6.07, 6.45) is -0.853. The largest absolute Gasteiger partial charge is 0.510 e. The fraction of sp³-hybridized carbons (Fsp3) is 0.800. The molecule has 0 aliphatic rings. The molecule has 0 radical (unpaired) electrons. The van der Waals surface area contributed by atoms with Gasteiger partial charge in [0.15, 0.2) is 0 Å². The molecule has 0 unspecified atom stereocenters. The number of carbonyl (C=O) groups excluding carboxylic acids is 1.